The van der Waals surface area contributed by atoms with Crippen molar-refractivity contribution < 1.29 is 22.8 Å². The second-order valence-electron chi connectivity index (χ2n) is 5.24. The molecule has 22 heavy (non-hydrogen) atoms. The third kappa shape index (κ3) is 7.84. The van der Waals surface area contributed by atoms with Gasteiger partial charge in [0.05, 0.1) is 0 Å². The molecule has 1 unspecified atom stereocenters. The number of nitrogens with two attached hydrogens (primary N) is 1. The molecule has 0 radical (unpaired) electrons. The Kier molecular flexibility index (Phi) is 9.43. The molecule has 0 saturated carbocycles. The quantitative estimate of drug-likeness (QED) is 0.656. The molecule has 1 aliphatic rings. The van der Waals surface area contributed by atoms with Crippen LogP contribution in [0.5, 0.6) is 0 Å². The maximum Gasteiger partial charge on any atom is 0.406 e. The van der Waals surface area contributed by atoms with Crippen molar-refractivity contribution in [3.63, 3.8) is 0 Å². The summed E-state index contributed by atoms with van der Waals surface area (Å²) >= 11 is 0. The third-order valence-corrected chi connectivity index (χ3v) is 3.36. The minimum atomic E-state index is -4.41. The number of unbranched alkanes of at least 4 members (excludes halogenated alkanes) is 3. The van der Waals surface area contributed by atoms with Crippen LogP contribution in [-0.4, -0.2) is 48.6 Å². The summed E-state index contributed by atoms with van der Waals surface area (Å²) in [5.74, 6) is -0.932. The van der Waals surface area contributed by atoms with E-state index in [0.29, 0.717) is 13.0 Å². The van der Waals surface area contributed by atoms with Crippen LogP contribution in [0, 0.1) is 0 Å². The number of carbonyl (C=O) groups excluding carboxylic acids is 2. The van der Waals surface area contributed by atoms with Crippen molar-refractivity contribution in [2.24, 2.45) is 5.73 Å². The molecule has 130 valence electrons. The van der Waals surface area contributed by atoms with Gasteiger partial charge in [0.15, 0.2) is 0 Å². The van der Waals surface area contributed by atoms with Crippen LogP contribution < -0.4 is 11.1 Å². The molecule has 0 bridgehead atoms. The van der Waals surface area contributed by atoms with Crippen molar-refractivity contribution in [2.45, 2.75) is 50.7 Å². The van der Waals surface area contributed by atoms with Gasteiger partial charge in [0.2, 0.25) is 11.8 Å². The number of hydrogen-bond acceptors (Lipinski definition) is 3. The summed E-state index contributed by atoms with van der Waals surface area (Å²) in [6.07, 6.45) is -0.456. The zero-order chi connectivity index (χ0) is 15.9. The van der Waals surface area contributed by atoms with Crippen molar-refractivity contribution >= 4 is 24.2 Å². The molecule has 3 N–H and O–H groups in total. The molecular formula is C13H23ClF3N3O2. The van der Waals surface area contributed by atoms with Crippen LogP contribution in [0.15, 0.2) is 0 Å². The Balaban J connectivity index is 0.00000441. The van der Waals surface area contributed by atoms with Crippen LogP contribution in [0.4, 0.5) is 13.2 Å². The van der Waals surface area contributed by atoms with Crippen molar-refractivity contribution in [3.8, 4) is 0 Å². The number of carbonyl (C=O) groups is 2. The van der Waals surface area contributed by atoms with Gasteiger partial charge in [0.1, 0.15) is 12.6 Å². The fourth-order valence-corrected chi connectivity index (χ4v) is 2.30. The van der Waals surface area contributed by atoms with E-state index < -0.39 is 24.7 Å². The largest absolute Gasteiger partial charge is 0.406 e. The number of rotatable bonds is 8. The zero-order valence-corrected chi connectivity index (χ0v) is 13.1. The van der Waals surface area contributed by atoms with E-state index in [0.717, 1.165) is 24.2 Å². The fourth-order valence-electron chi connectivity index (χ4n) is 2.30. The molecule has 0 spiro atoms. The highest BCUT2D eigenvalue weighted by Gasteiger charge is 2.39. The number of nitrogens with zero attached hydrogens (tertiary/aromatic N) is 1. The van der Waals surface area contributed by atoms with Crippen LogP contribution in [0.3, 0.4) is 0 Å². The first-order valence-electron chi connectivity index (χ1n) is 7.18. The molecule has 5 nitrogen and oxygen atoms in total. The number of nitrogens with one attached hydrogen (secondary N) is 1. The summed E-state index contributed by atoms with van der Waals surface area (Å²) in [4.78, 5) is 24.1. The van der Waals surface area contributed by atoms with Crippen molar-refractivity contribution in [1.29, 1.82) is 0 Å². The standard InChI is InChI=1S/C13H22F3N3O2.ClH/c14-13(15,16)9-19-8-6-10(12(19)21)18-11(20)5-3-1-2-4-7-17;/h10H,1-9,17H2,(H,18,20);1H. The summed E-state index contributed by atoms with van der Waals surface area (Å²) in [6.45, 7) is -0.602. The minimum absolute atomic E-state index is 0. The fraction of sp³-hybridized carbons (Fsp3) is 0.846. The molecule has 1 aliphatic heterocycles. The maximum atomic E-state index is 12.2. The molecule has 1 fully saturated rings. The average molecular weight is 346 g/mol. The lowest BCUT2D eigenvalue weighted by Gasteiger charge is -2.18. The highest BCUT2D eigenvalue weighted by atomic mass is 35.5. The Labute approximate surface area is 134 Å². The van der Waals surface area contributed by atoms with E-state index >= 15 is 0 Å². The van der Waals surface area contributed by atoms with E-state index in [2.05, 4.69) is 5.32 Å². The predicted molar refractivity (Wildman–Crippen MR) is 78.6 cm³/mol. The topological polar surface area (TPSA) is 75.4 Å². The molecule has 0 aromatic carbocycles. The van der Waals surface area contributed by atoms with E-state index in [1.165, 1.54) is 0 Å². The Hall–Kier alpha value is -1.02. The van der Waals surface area contributed by atoms with Gasteiger partial charge in [-0.1, -0.05) is 12.8 Å². The summed E-state index contributed by atoms with van der Waals surface area (Å²) in [6, 6.07) is -0.816. The molecule has 1 saturated heterocycles. The molecule has 1 atom stereocenters. The molecule has 2 amide bonds. The van der Waals surface area contributed by atoms with Gasteiger partial charge in [-0.2, -0.15) is 13.2 Å². The molecule has 1 heterocycles. The van der Waals surface area contributed by atoms with Crippen LogP contribution in [-0.2, 0) is 9.59 Å². The predicted octanol–water partition coefficient (Wildman–Crippen LogP) is 1.60. The smallest absolute Gasteiger partial charge is 0.344 e. The number of amides is 2. The highest BCUT2D eigenvalue weighted by molar-refractivity contribution is 5.89. The van der Waals surface area contributed by atoms with E-state index in [1.54, 1.807) is 0 Å². The Bertz CT molecular complexity index is 367. The van der Waals surface area contributed by atoms with Gasteiger partial charge in [-0.15, -0.1) is 12.4 Å². The van der Waals surface area contributed by atoms with E-state index in [1.807, 2.05) is 0 Å². The average Bonchev–Trinajstić information content (AvgIpc) is 2.69. The first-order chi connectivity index (χ1) is 9.83. The molecule has 0 aromatic heterocycles. The highest BCUT2D eigenvalue weighted by Crippen LogP contribution is 2.21. The Morgan fingerprint density at radius 2 is 1.91 bits per heavy atom. The van der Waals surface area contributed by atoms with Crippen LogP contribution in [0.25, 0.3) is 0 Å². The van der Waals surface area contributed by atoms with Crippen molar-refractivity contribution in [1.82, 2.24) is 10.2 Å². The SMILES string of the molecule is Cl.NCCCCCCC(=O)NC1CCN(CC(F)(F)F)C1=O. The second kappa shape index (κ2) is 9.89. The van der Waals surface area contributed by atoms with Crippen molar-refractivity contribution in [2.75, 3.05) is 19.6 Å². The minimum Gasteiger partial charge on any atom is -0.344 e. The van der Waals surface area contributed by atoms with Gasteiger partial charge in [0.25, 0.3) is 0 Å². The summed E-state index contributed by atoms with van der Waals surface area (Å²) in [5.41, 5.74) is 5.35. The lowest BCUT2D eigenvalue weighted by Crippen LogP contribution is -2.43. The summed E-state index contributed by atoms with van der Waals surface area (Å²) in [7, 11) is 0. The van der Waals surface area contributed by atoms with Gasteiger partial charge < -0.3 is 16.0 Å². The lowest BCUT2D eigenvalue weighted by atomic mass is 10.1. The molecule has 0 aromatic rings. The Morgan fingerprint density at radius 1 is 1.27 bits per heavy atom. The third-order valence-electron chi connectivity index (χ3n) is 3.36. The first kappa shape index (κ1) is 21.0. The van der Waals surface area contributed by atoms with Crippen molar-refractivity contribution in [3.05, 3.63) is 0 Å². The Morgan fingerprint density at radius 3 is 2.50 bits per heavy atom. The van der Waals surface area contributed by atoms with Crippen LogP contribution in [0.1, 0.15) is 38.5 Å². The number of likely N-dealkylation sites (tertiary alicyclic amines) is 1. The number of hydrogen-bond donors (Lipinski definition) is 2. The van der Waals surface area contributed by atoms with Gasteiger partial charge in [-0.05, 0) is 25.8 Å². The summed E-state index contributed by atoms with van der Waals surface area (Å²) in [5, 5.41) is 2.51. The second-order valence-corrected chi connectivity index (χ2v) is 5.24. The van der Waals surface area contributed by atoms with E-state index in [-0.39, 0.29) is 37.7 Å². The van der Waals surface area contributed by atoms with Crippen LogP contribution in [0.2, 0.25) is 0 Å². The normalized spacial score (nSPS) is 18.3. The van der Waals surface area contributed by atoms with Gasteiger partial charge in [-0.3, -0.25) is 9.59 Å². The van der Waals surface area contributed by atoms with Gasteiger partial charge in [0, 0.05) is 13.0 Å². The monoisotopic (exact) mass is 345 g/mol. The van der Waals surface area contributed by atoms with Gasteiger partial charge in [-0.25, -0.2) is 0 Å². The van der Waals surface area contributed by atoms with Gasteiger partial charge >= 0.3 is 6.18 Å². The number of alkyl halides is 3. The van der Waals surface area contributed by atoms with Crippen LogP contribution >= 0.6 is 12.4 Å². The first-order valence-corrected chi connectivity index (χ1v) is 7.18. The lowest BCUT2D eigenvalue weighted by molar-refractivity contribution is -0.158. The summed E-state index contributed by atoms with van der Waals surface area (Å²) < 4.78 is 36.7. The molecule has 1 rings (SSSR count). The number of halogens is 4. The van der Waals surface area contributed by atoms with E-state index in [4.69, 9.17) is 5.73 Å². The maximum absolute atomic E-state index is 12.2. The molecular weight excluding hydrogens is 323 g/mol. The molecule has 0 aliphatic carbocycles. The zero-order valence-electron chi connectivity index (χ0n) is 12.3. The molecule has 9 heteroatoms. The van der Waals surface area contributed by atoms with E-state index in [9.17, 15) is 22.8 Å².